The zero-order valence-corrected chi connectivity index (χ0v) is 10.3. The van der Waals surface area contributed by atoms with Crippen molar-refractivity contribution in [3.8, 4) is 0 Å². The van der Waals surface area contributed by atoms with E-state index in [1.807, 2.05) is 0 Å². The van der Waals surface area contributed by atoms with Gasteiger partial charge in [0.2, 0.25) is 11.8 Å². The predicted molar refractivity (Wildman–Crippen MR) is 62.2 cm³/mol. The Hall–Kier alpha value is -1.18. The highest BCUT2D eigenvalue weighted by molar-refractivity contribution is 5.80. The fourth-order valence-electron chi connectivity index (χ4n) is 2.10. The van der Waals surface area contributed by atoms with Crippen LogP contribution < -0.4 is 11.3 Å². The van der Waals surface area contributed by atoms with Crippen LogP contribution in [0.1, 0.15) is 12.8 Å². The van der Waals surface area contributed by atoms with Crippen molar-refractivity contribution in [2.24, 2.45) is 11.8 Å². The summed E-state index contributed by atoms with van der Waals surface area (Å²) in [4.78, 5) is 24.9. The van der Waals surface area contributed by atoms with Crippen LogP contribution >= 0.6 is 0 Å². The molecule has 2 heterocycles. The van der Waals surface area contributed by atoms with E-state index in [4.69, 9.17) is 15.3 Å². The summed E-state index contributed by atoms with van der Waals surface area (Å²) in [7, 11) is 0. The summed E-state index contributed by atoms with van der Waals surface area (Å²) in [6, 6.07) is 0. The molecule has 0 bridgehead atoms. The number of nitrogens with zero attached hydrogens (tertiary/aromatic N) is 1. The van der Waals surface area contributed by atoms with Crippen molar-refractivity contribution in [1.82, 2.24) is 10.3 Å². The Morgan fingerprint density at radius 3 is 2.50 bits per heavy atom. The lowest BCUT2D eigenvalue weighted by Crippen LogP contribution is -2.46. The van der Waals surface area contributed by atoms with E-state index in [9.17, 15) is 9.59 Å². The predicted octanol–water partition coefficient (Wildman–Crippen LogP) is -1.37. The fourth-order valence-corrected chi connectivity index (χ4v) is 2.10. The van der Waals surface area contributed by atoms with E-state index >= 15 is 0 Å². The Bertz CT molecular complexity index is 311. The quantitative estimate of drug-likeness (QED) is 0.368. The van der Waals surface area contributed by atoms with Crippen molar-refractivity contribution >= 4 is 11.8 Å². The van der Waals surface area contributed by atoms with Crippen LogP contribution in [0.3, 0.4) is 0 Å². The molecular formula is C11H19N3O4. The molecule has 2 fully saturated rings. The number of hydrazine groups is 1. The van der Waals surface area contributed by atoms with Gasteiger partial charge in [-0.15, -0.1) is 0 Å². The first kappa shape index (κ1) is 13.3. The van der Waals surface area contributed by atoms with E-state index < -0.39 is 0 Å². The number of hydrogen-bond acceptors (Lipinski definition) is 5. The van der Waals surface area contributed by atoms with Crippen molar-refractivity contribution < 1.29 is 19.1 Å². The molecule has 0 radical (unpaired) electrons. The van der Waals surface area contributed by atoms with E-state index in [0.29, 0.717) is 39.1 Å². The van der Waals surface area contributed by atoms with Crippen molar-refractivity contribution in [2.75, 3.05) is 32.9 Å². The zero-order valence-electron chi connectivity index (χ0n) is 10.3. The standard InChI is InChI=1S/C11H19N3O4/c12-13-11(16)8-1-3-14(4-2-8)10(15)7-18-9-5-17-6-9/h8-9H,1-7,12H2,(H,13,16). The number of piperidine rings is 1. The lowest BCUT2D eigenvalue weighted by atomic mass is 9.96. The SMILES string of the molecule is NNC(=O)C1CCN(C(=O)COC2COC2)CC1. The maximum absolute atomic E-state index is 11.8. The highest BCUT2D eigenvalue weighted by Gasteiger charge is 2.28. The summed E-state index contributed by atoms with van der Waals surface area (Å²) >= 11 is 0. The number of rotatable bonds is 4. The van der Waals surface area contributed by atoms with Crippen LogP contribution in [0.2, 0.25) is 0 Å². The number of amides is 2. The molecule has 2 aliphatic rings. The van der Waals surface area contributed by atoms with Gasteiger partial charge in [0.1, 0.15) is 12.7 Å². The first-order valence-corrected chi connectivity index (χ1v) is 6.18. The molecule has 0 unspecified atom stereocenters. The van der Waals surface area contributed by atoms with Gasteiger partial charge in [-0.25, -0.2) is 5.84 Å². The summed E-state index contributed by atoms with van der Waals surface area (Å²) in [6.45, 7) is 2.42. The second kappa shape index (κ2) is 6.12. The molecule has 18 heavy (non-hydrogen) atoms. The lowest BCUT2D eigenvalue weighted by molar-refractivity contribution is -0.157. The van der Waals surface area contributed by atoms with Gasteiger partial charge in [0.15, 0.2) is 0 Å². The second-order valence-corrected chi connectivity index (χ2v) is 4.63. The molecule has 7 nitrogen and oxygen atoms in total. The summed E-state index contributed by atoms with van der Waals surface area (Å²) in [5, 5.41) is 0. The third kappa shape index (κ3) is 3.18. The summed E-state index contributed by atoms with van der Waals surface area (Å²) in [5.74, 6) is 4.84. The molecule has 2 aliphatic heterocycles. The first-order chi connectivity index (χ1) is 8.70. The van der Waals surface area contributed by atoms with Crippen molar-refractivity contribution in [3.63, 3.8) is 0 Å². The van der Waals surface area contributed by atoms with Gasteiger partial charge >= 0.3 is 0 Å². The van der Waals surface area contributed by atoms with Gasteiger partial charge in [0.25, 0.3) is 0 Å². The number of nitrogens with one attached hydrogen (secondary N) is 1. The molecule has 102 valence electrons. The van der Waals surface area contributed by atoms with E-state index in [1.165, 1.54) is 0 Å². The smallest absolute Gasteiger partial charge is 0.248 e. The number of carbonyl (C=O) groups is 2. The Morgan fingerprint density at radius 2 is 2.00 bits per heavy atom. The molecule has 0 saturated carbocycles. The van der Waals surface area contributed by atoms with Gasteiger partial charge in [-0.05, 0) is 12.8 Å². The second-order valence-electron chi connectivity index (χ2n) is 4.63. The number of nitrogens with two attached hydrogens (primary N) is 1. The average molecular weight is 257 g/mol. The molecular weight excluding hydrogens is 238 g/mol. The minimum Gasteiger partial charge on any atom is -0.376 e. The molecule has 2 rings (SSSR count). The zero-order chi connectivity index (χ0) is 13.0. The minimum atomic E-state index is -0.148. The maximum Gasteiger partial charge on any atom is 0.248 e. The third-order valence-corrected chi connectivity index (χ3v) is 3.41. The van der Waals surface area contributed by atoms with Gasteiger partial charge < -0.3 is 14.4 Å². The average Bonchev–Trinajstić information content (AvgIpc) is 2.36. The van der Waals surface area contributed by atoms with Crippen LogP contribution in [0.5, 0.6) is 0 Å². The largest absolute Gasteiger partial charge is 0.376 e. The van der Waals surface area contributed by atoms with Crippen molar-refractivity contribution in [3.05, 3.63) is 0 Å². The Balaban J connectivity index is 1.68. The molecule has 7 heteroatoms. The number of ether oxygens (including phenoxy) is 2. The van der Waals surface area contributed by atoms with Gasteiger partial charge in [0, 0.05) is 19.0 Å². The highest BCUT2D eigenvalue weighted by atomic mass is 16.6. The fraction of sp³-hybridized carbons (Fsp3) is 0.818. The van der Waals surface area contributed by atoms with Crippen molar-refractivity contribution in [2.45, 2.75) is 18.9 Å². The lowest BCUT2D eigenvalue weighted by Gasteiger charge is -2.32. The van der Waals surface area contributed by atoms with Gasteiger partial charge in [-0.3, -0.25) is 15.0 Å². The summed E-state index contributed by atoms with van der Waals surface area (Å²) in [5.41, 5.74) is 2.15. The maximum atomic E-state index is 11.8. The minimum absolute atomic E-state index is 0.0199. The number of carbonyl (C=O) groups excluding carboxylic acids is 2. The Labute approximate surface area is 106 Å². The molecule has 0 atom stereocenters. The van der Waals surface area contributed by atoms with E-state index in [0.717, 1.165) is 0 Å². The monoisotopic (exact) mass is 257 g/mol. The van der Waals surface area contributed by atoms with Crippen LogP contribution in [0.4, 0.5) is 0 Å². The first-order valence-electron chi connectivity index (χ1n) is 6.18. The van der Waals surface area contributed by atoms with E-state index in [2.05, 4.69) is 5.43 Å². The van der Waals surface area contributed by atoms with Crippen LogP contribution in [0, 0.1) is 5.92 Å². The molecule has 2 saturated heterocycles. The molecule has 0 aliphatic carbocycles. The van der Waals surface area contributed by atoms with E-state index in [-0.39, 0.29) is 30.4 Å². The third-order valence-electron chi connectivity index (χ3n) is 3.41. The molecule has 0 aromatic rings. The Morgan fingerprint density at radius 1 is 1.33 bits per heavy atom. The van der Waals surface area contributed by atoms with Crippen LogP contribution in [-0.4, -0.2) is 55.7 Å². The molecule has 0 aromatic heterocycles. The summed E-state index contributed by atoms with van der Waals surface area (Å²) < 4.78 is 10.3. The van der Waals surface area contributed by atoms with Gasteiger partial charge in [-0.1, -0.05) is 0 Å². The number of likely N-dealkylation sites (tertiary alicyclic amines) is 1. The van der Waals surface area contributed by atoms with Crippen LogP contribution in [0.25, 0.3) is 0 Å². The highest BCUT2D eigenvalue weighted by Crippen LogP contribution is 2.17. The molecule has 0 spiro atoms. The Kier molecular flexibility index (Phi) is 4.51. The van der Waals surface area contributed by atoms with E-state index in [1.54, 1.807) is 4.90 Å². The van der Waals surface area contributed by atoms with Gasteiger partial charge in [0.05, 0.1) is 13.2 Å². The molecule has 2 amide bonds. The number of hydrogen-bond donors (Lipinski definition) is 2. The summed E-state index contributed by atoms with van der Waals surface area (Å²) in [6.07, 6.45) is 1.37. The normalized spacial score (nSPS) is 21.5. The van der Waals surface area contributed by atoms with Gasteiger partial charge in [-0.2, -0.15) is 0 Å². The molecule has 3 N–H and O–H groups in total. The van der Waals surface area contributed by atoms with Crippen LogP contribution in [-0.2, 0) is 19.1 Å². The topological polar surface area (TPSA) is 93.9 Å². The van der Waals surface area contributed by atoms with Crippen molar-refractivity contribution in [1.29, 1.82) is 0 Å². The van der Waals surface area contributed by atoms with Crippen LogP contribution in [0.15, 0.2) is 0 Å². The molecule has 0 aromatic carbocycles.